The van der Waals surface area contributed by atoms with Gasteiger partial charge in [-0.25, -0.2) is 14.2 Å². The summed E-state index contributed by atoms with van der Waals surface area (Å²) in [6.07, 6.45) is -2.44. The van der Waals surface area contributed by atoms with E-state index < -0.39 is 47.3 Å². The van der Waals surface area contributed by atoms with Crippen molar-refractivity contribution in [2.45, 2.75) is 38.4 Å². The second-order valence-corrected chi connectivity index (χ2v) is 10.2. The van der Waals surface area contributed by atoms with Crippen molar-refractivity contribution in [3.8, 4) is 5.69 Å². The summed E-state index contributed by atoms with van der Waals surface area (Å²) in [5, 5.41) is 13.6. The van der Waals surface area contributed by atoms with E-state index in [9.17, 15) is 37.5 Å². The number of aromatic nitrogens is 2. The summed E-state index contributed by atoms with van der Waals surface area (Å²) >= 11 is 0. The van der Waals surface area contributed by atoms with E-state index in [1.807, 2.05) is 0 Å². The number of nitrogens with zero attached hydrogens (tertiary/aromatic N) is 3. The molecule has 0 bridgehead atoms. The van der Waals surface area contributed by atoms with E-state index in [2.05, 4.69) is 5.32 Å². The van der Waals surface area contributed by atoms with Crippen LogP contribution in [0.15, 0.2) is 58.3 Å². The van der Waals surface area contributed by atoms with Gasteiger partial charge in [-0.3, -0.25) is 14.5 Å². The number of piperidine rings is 1. The van der Waals surface area contributed by atoms with Crippen LogP contribution in [-0.2, 0) is 23.1 Å². The lowest BCUT2D eigenvalue weighted by molar-refractivity contribution is -0.157. The lowest BCUT2D eigenvalue weighted by atomic mass is 9.80. The van der Waals surface area contributed by atoms with Crippen LogP contribution in [0.25, 0.3) is 16.5 Å². The van der Waals surface area contributed by atoms with Crippen molar-refractivity contribution in [2.24, 2.45) is 12.5 Å². The number of rotatable bonds is 7. The number of carboxylic acids is 1. The molecule has 2 aromatic carbocycles. The van der Waals surface area contributed by atoms with Crippen LogP contribution in [0.4, 0.5) is 13.2 Å². The van der Waals surface area contributed by atoms with Gasteiger partial charge in [-0.05, 0) is 43.3 Å². The molecule has 2 atom stereocenters. The van der Waals surface area contributed by atoms with Gasteiger partial charge >= 0.3 is 17.8 Å². The molecule has 2 N–H and O–H groups in total. The number of likely N-dealkylation sites (tertiary alicyclic amines) is 1. The maximum atomic E-state index is 13.2. The number of amides is 1. The van der Waals surface area contributed by atoms with Crippen molar-refractivity contribution >= 4 is 22.6 Å². The van der Waals surface area contributed by atoms with Crippen molar-refractivity contribution in [3.05, 3.63) is 75.1 Å². The Kier molecular flexibility index (Phi) is 7.69. The average molecular weight is 547 g/mol. The Morgan fingerprint density at radius 3 is 2.49 bits per heavy atom. The predicted octanol–water partition coefficient (Wildman–Crippen LogP) is 2.47. The number of carboxylic acid groups (broad SMARTS) is 1. The quantitative estimate of drug-likeness (QED) is 0.471. The number of hydrogen-bond donors (Lipinski definition) is 2. The van der Waals surface area contributed by atoms with E-state index in [4.69, 9.17) is 0 Å². The molecule has 9 nitrogen and oxygen atoms in total. The van der Waals surface area contributed by atoms with Crippen LogP contribution in [0, 0.1) is 5.41 Å². The Bertz CT molecular complexity index is 1530. The molecule has 1 unspecified atom stereocenters. The molecule has 0 saturated carbocycles. The summed E-state index contributed by atoms with van der Waals surface area (Å²) in [4.78, 5) is 51.8. The van der Waals surface area contributed by atoms with Gasteiger partial charge in [0.25, 0.3) is 5.56 Å². The monoisotopic (exact) mass is 546 g/mol. The van der Waals surface area contributed by atoms with Gasteiger partial charge in [-0.15, -0.1) is 0 Å². The molecule has 1 amide bonds. The summed E-state index contributed by atoms with van der Waals surface area (Å²) in [6, 6.07) is 9.96. The number of alkyl halides is 3. The summed E-state index contributed by atoms with van der Waals surface area (Å²) in [6.45, 7) is 0.482. The highest BCUT2D eigenvalue weighted by atomic mass is 19.4. The normalized spacial score (nSPS) is 19.1. The van der Waals surface area contributed by atoms with Crippen LogP contribution >= 0.6 is 0 Å². The molecule has 39 heavy (non-hydrogen) atoms. The predicted molar refractivity (Wildman–Crippen MR) is 138 cm³/mol. The number of aryl methyl sites for hydroxylation is 1. The van der Waals surface area contributed by atoms with Crippen molar-refractivity contribution in [1.29, 1.82) is 0 Å². The fourth-order valence-corrected chi connectivity index (χ4v) is 5.19. The second kappa shape index (κ2) is 10.7. The Labute approximate surface area is 221 Å². The van der Waals surface area contributed by atoms with E-state index in [1.165, 1.54) is 28.8 Å². The van der Waals surface area contributed by atoms with Gasteiger partial charge in [-0.2, -0.15) is 13.2 Å². The number of carbonyl (C=O) groups excluding carboxylic acids is 1. The van der Waals surface area contributed by atoms with E-state index >= 15 is 0 Å². The number of halogens is 3. The summed E-state index contributed by atoms with van der Waals surface area (Å²) in [5.41, 5.74) is -1.37. The molecule has 1 aromatic heterocycles. The third-order valence-corrected chi connectivity index (χ3v) is 7.14. The number of benzene rings is 2. The highest BCUT2D eigenvalue weighted by Gasteiger charge is 2.42. The number of hydrogen-bond acceptors (Lipinski definition) is 5. The highest BCUT2D eigenvalue weighted by Crippen LogP contribution is 2.32. The van der Waals surface area contributed by atoms with Crippen molar-refractivity contribution in [2.75, 3.05) is 19.6 Å². The van der Waals surface area contributed by atoms with Crippen LogP contribution in [0.2, 0.25) is 0 Å². The molecule has 1 fully saturated rings. The molecule has 208 valence electrons. The molecule has 0 radical (unpaired) electrons. The molecule has 4 rings (SSSR count). The Morgan fingerprint density at radius 2 is 1.79 bits per heavy atom. The molecule has 3 aromatic rings. The Hall–Kier alpha value is -3.93. The maximum Gasteiger partial charge on any atom is 0.401 e. The van der Waals surface area contributed by atoms with E-state index in [0.29, 0.717) is 34.9 Å². The molecule has 2 heterocycles. The second-order valence-electron chi connectivity index (χ2n) is 10.2. The molecule has 1 aliphatic rings. The maximum absolute atomic E-state index is 13.2. The minimum absolute atomic E-state index is 0.119. The smallest absolute Gasteiger partial charge is 0.401 e. The van der Waals surface area contributed by atoms with Crippen molar-refractivity contribution in [3.63, 3.8) is 0 Å². The first-order valence-electron chi connectivity index (χ1n) is 12.4. The number of nitrogens with one attached hydrogen (secondary N) is 1. The van der Waals surface area contributed by atoms with E-state index in [0.717, 1.165) is 4.57 Å². The van der Waals surface area contributed by atoms with Gasteiger partial charge in [0.15, 0.2) is 0 Å². The zero-order chi connectivity index (χ0) is 28.5. The van der Waals surface area contributed by atoms with Crippen LogP contribution in [0.1, 0.15) is 25.3 Å². The summed E-state index contributed by atoms with van der Waals surface area (Å²) in [5.74, 6) is -1.92. The zero-order valence-electron chi connectivity index (χ0n) is 21.5. The molecule has 0 spiro atoms. The molecule has 1 saturated heterocycles. The van der Waals surface area contributed by atoms with Crippen LogP contribution in [0.5, 0.6) is 0 Å². The van der Waals surface area contributed by atoms with Crippen LogP contribution < -0.4 is 16.6 Å². The minimum atomic E-state index is -4.40. The fourth-order valence-electron chi connectivity index (χ4n) is 5.19. The van der Waals surface area contributed by atoms with Crippen LogP contribution in [0.3, 0.4) is 0 Å². The van der Waals surface area contributed by atoms with Gasteiger partial charge < -0.3 is 15.0 Å². The SMILES string of the molecule is Cn1ccc(=O)n(-c2cccc3c(C[C@H](NC(=O)C4(C)CCCN(CC(F)(F)F)C4)C(=O)O)cccc23)c1=O. The summed E-state index contributed by atoms with van der Waals surface area (Å²) < 4.78 is 41.1. The fraction of sp³-hybridized carbons (Fsp3) is 0.407. The first-order chi connectivity index (χ1) is 18.3. The number of fused-ring (bicyclic) bond motifs is 1. The van der Waals surface area contributed by atoms with Gasteiger partial charge in [0.05, 0.1) is 17.6 Å². The molecule has 0 aliphatic carbocycles. The Balaban J connectivity index is 1.63. The van der Waals surface area contributed by atoms with E-state index in [-0.39, 0.29) is 19.5 Å². The van der Waals surface area contributed by atoms with Crippen LogP contribution in [-0.4, -0.2) is 62.9 Å². The minimum Gasteiger partial charge on any atom is -0.480 e. The summed E-state index contributed by atoms with van der Waals surface area (Å²) in [7, 11) is 1.52. The van der Waals surface area contributed by atoms with Gasteiger partial charge in [0.2, 0.25) is 5.91 Å². The van der Waals surface area contributed by atoms with Gasteiger partial charge in [0, 0.05) is 37.7 Å². The number of aliphatic carboxylic acids is 1. The lowest BCUT2D eigenvalue weighted by Crippen LogP contribution is -2.55. The molecular formula is C27H29F3N4O5. The molecule has 1 aliphatic heterocycles. The lowest BCUT2D eigenvalue weighted by Gasteiger charge is -2.40. The third-order valence-electron chi connectivity index (χ3n) is 7.14. The van der Waals surface area contributed by atoms with Crippen molar-refractivity contribution < 1.29 is 27.9 Å². The topological polar surface area (TPSA) is 114 Å². The number of carbonyl (C=O) groups is 2. The Morgan fingerprint density at radius 1 is 1.10 bits per heavy atom. The largest absolute Gasteiger partial charge is 0.480 e. The molecule has 12 heteroatoms. The first-order valence-corrected chi connectivity index (χ1v) is 12.4. The first kappa shape index (κ1) is 28.1. The molecular weight excluding hydrogens is 517 g/mol. The standard InChI is InChI=1S/C27H29F3N4O5/c1-26(11-5-12-33(15-26)16-27(28,29)30)24(38)31-20(23(36)37)14-17-6-3-8-19-18(17)7-4-9-21(19)34-22(35)10-13-32(2)25(34)39/h3-4,6-10,13,20H,5,11-12,14-16H2,1-2H3,(H,31,38)(H,36,37)/t20-,26?/m0/s1. The zero-order valence-corrected chi connectivity index (χ0v) is 21.5. The van der Waals surface area contributed by atoms with Gasteiger partial charge in [0.1, 0.15) is 6.04 Å². The van der Waals surface area contributed by atoms with E-state index in [1.54, 1.807) is 43.3 Å². The van der Waals surface area contributed by atoms with Gasteiger partial charge in [-0.1, -0.05) is 30.3 Å². The van der Waals surface area contributed by atoms with Crippen molar-refractivity contribution in [1.82, 2.24) is 19.4 Å². The highest BCUT2D eigenvalue weighted by molar-refractivity contribution is 5.93. The average Bonchev–Trinajstić information content (AvgIpc) is 2.85. The third kappa shape index (κ3) is 6.06.